The van der Waals surface area contributed by atoms with Crippen LogP contribution in [-0.4, -0.2) is 87.7 Å². The molecule has 28 heteroatoms. The number of carbonyl (C=O) groups excluding carboxylic acids is 3. The second-order valence-electron chi connectivity index (χ2n) is 16.0. The van der Waals surface area contributed by atoms with E-state index in [0.717, 1.165) is 19.2 Å². The van der Waals surface area contributed by atoms with E-state index in [1.807, 2.05) is 0 Å². The number of carbonyl (C=O) groups is 4. The van der Waals surface area contributed by atoms with Crippen molar-refractivity contribution < 1.29 is 98.7 Å². The number of carboxylic acid groups (broad SMARTS) is 1. The number of alkyl halides is 4. The van der Waals surface area contributed by atoms with Gasteiger partial charge in [0.15, 0.2) is 45.5 Å². The molecule has 386 valence electrons. The zero-order valence-electron chi connectivity index (χ0n) is 39.9. The summed E-state index contributed by atoms with van der Waals surface area (Å²) in [6.07, 6.45) is -5.11. The van der Waals surface area contributed by atoms with E-state index in [4.69, 9.17) is 26.7 Å². The van der Waals surface area contributed by atoms with Crippen LogP contribution < -0.4 is 58.7 Å². The van der Waals surface area contributed by atoms with Crippen molar-refractivity contribution in [1.29, 1.82) is 0 Å². The van der Waals surface area contributed by atoms with Crippen LogP contribution in [0.5, 0.6) is 23.0 Å². The quantitative estimate of drug-likeness (QED) is 0.0841. The van der Waals surface area contributed by atoms with Crippen LogP contribution >= 0.6 is 0 Å². The maximum atomic E-state index is 13.4. The van der Waals surface area contributed by atoms with E-state index in [2.05, 4.69) is 38.8 Å². The number of hydrogen-bond donors (Lipinski definition) is 1. The molecule has 4 aromatic heterocycles. The first-order valence-electron chi connectivity index (χ1n) is 21.3. The molecule has 0 atom stereocenters. The van der Waals surface area contributed by atoms with Crippen molar-refractivity contribution in [3.8, 4) is 45.5 Å². The minimum absolute atomic E-state index is 0. The summed E-state index contributed by atoms with van der Waals surface area (Å²) >= 11 is 0. The fourth-order valence-electron chi connectivity index (χ4n) is 7.65. The number of aromatic carboxylic acids is 1. The fourth-order valence-corrected chi connectivity index (χ4v) is 7.65. The summed E-state index contributed by atoms with van der Waals surface area (Å²) in [5.41, 5.74) is -0.0381. The van der Waals surface area contributed by atoms with Crippen molar-refractivity contribution in [1.82, 2.24) is 19.6 Å². The molecular weight excluding hydrogens is 1020 g/mol. The van der Waals surface area contributed by atoms with E-state index >= 15 is 0 Å². The van der Waals surface area contributed by atoms with Crippen LogP contribution in [0.15, 0.2) is 116 Å². The Labute approximate surface area is 439 Å². The number of nitrogens with zero attached hydrogens (tertiary/aromatic N) is 8. The Bertz CT molecular complexity index is 3940. The monoisotopic (exact) mass is 1050 g/mol. The summed E-state index contributed by atoms with van der Waals surface area (Å²) in [6.45, 7) is 13.5. The molecule has 0 spiro atoms. The molecule has 6 heterocycles. The Morgan fingerprint density at radius 2 is 1.04 bits per heavy atom. The third kappa shape index (κ3) is 10.9. The number of halogens is 4. The molecule has 23 nitrogen and oxygen atoms in total. The predicted octanol–water partition coefficient (Wildman–Crippen LogP) is 4.70. The van der Waals surface area contributed by atoms with Crippen molar-refractivity contribution in [2.24, 2.45) is 0 Å². The maximum Gasteiger partial charge on any atom is 1.00 e. The molecule has 2 N–H and O–H groups in total. The van der Waals surface area contributed by atoms with Crippen molar-refractivity contribution in [3.63, 3.8) is 0 Å². The van der Waals surface area contributed by atoms with Crippen LogP contribution in [-0.2, 0) is 27.4 Å². The summed E-state index contributed by atoms with van der Waals surface area (Å²) in [7, 11) is 3.96. The van der Waals surface area contributed by atoms with Crippen LogP contribution in [0.4, 0.5) is 40.3 Å². The van der Waals surface area contributed by atoms with E-state index in [-0.39, 0.29) is 126 Å². The Balaban J connectivity index is 0.000000218. The van der Waals surface area contributed by atoms with E-state index in [1.165, 1.54) is 119 Å². The summed E-state index contributed by atoms with van der Waals surface area (Å²) in [5.74, 6) is -4.06. The van der Waals surface area contributed by atoms with Crippen molar-refractivity contribution in [2.75, 3.05) is 31.0 Å². The molecule has 2 aliphatic heterocycles. The van der Waals surface area contributed by atoms with Crippen molar-refractivity contribution >= 4 is 68.4 Å². The Kier molecular flexibility index (Phi) is 15.0. The summed E-state index contributed by atoms with van der Waals surface area (Å²) < 4.78 is 88.4. The molecule has 0 bridgehead atoms. The van der Waals surface area contributed by atoms with Gasteiger partial charge in [0.05, 0.1) is 43.6 Å². The van der Waals surface area contributed by atoms with E-state index in [0.29, 0.717) is 0 Å². The van der Waals surface area contributed by atoms with Gasteiger partial charge < -0.3 is 52.9 Å². The molecule has 4 aromatic carbocycles. The Hall–Kier alpha value is -9.94. The number of hydrogen-bond acceptors (Lipinski definition) is 16. The molecule has 0 aliphatic carbocycles. The number of ether oxygens (including phenoxy) is 5. The number of methoxy groups -OCH3 is 1. The largest absolute Gasteiger partial charge is 1.00 e. The molecule has 0 unspecified atom stereocenters. The summed E-state index contributed by atoms with van der Waals surface area (Å²) in [6, 6.07) is 18.5. The van der Waals surface area contributed by atoms with Gasteiger partial charge in [-0.15, -0.1) is 17.6 Å². The average Bonchev–Trinajstić information content (AvgIpc) is 4.23. The van der Waals surface area contributed by atoms with Gasteiger partial charge in [0.2, 0.25) is 11.8 Å². The van der Waals surface area contributed by atoms with E-state index < -0.39 is 60.6 Å². The number of rotatable bonds is 10. The normalized spacial score (nSPS) is 12.9. The zero-order valence-corrected chi connectivity index (χ0v) is 39.9. The van der Waals surface area contributed by atoms with Crippen LogP contribution in [0.3, 0.4) is 0 Å². The summed E-state index contributed by atoms with van der Waals surface area (Å²) in [5, 5.41) is 18.1. The molecule has 0 saturated heterocycles. The maximum absolute atomic E-state index is 13.4. The molecule has 0 radical (unpaired) electrons. The second kappa shape index (κ2) is 21.1. The van der Waals surface area contributed by atoms with Crippen molar-refractivity contribution in [3.05, 3.63) is 152 Å². The fraction of sp³-hybridized carbons (Fsp3) is 0.143. The van der Waals surface area contributed by atoms with Crippen LogP contribution in [0, 0.1) is 13.1 Å². The predicted molar refractivity (Wildman–Crippen MR) is 252 cm³/mol. The Morgan fingerprint density at radius 3 is 1.44 bits per heavy atom. The average molecular weight is 1050 g/mol. The van der Waals surface area contributed by atoms with Gasteiger partial charge in [-0.1, -0.05) is 0 Å². The van der Waals surface area contributed by atoms with Gasteiger partial charge in [0.1, 0.15) is 24.5 Å². The number of likely N-dealkylation sites (N-methyl/N-ethyl adjacent to an activating group) is 2. The topological polar surface area (TPSA) is 276 Å². The molecular formula is C49H31F4LiN8O15. The van der Waals surface area contributed by atoms with Gasteiger partial charge in [-0.25, -0.2) is 28.6 Å². The van der Waals surface area contributed by atoms with Crippen LogP contribution in [0.1, 0.15) is 20.7 Å². The molecule has 8 aromatic rings. The molecule has 0 saturated carbocycles. The first kappa shape index (κ1) is 54.8. The molecule has 0 fully saturated rings. The van der Waals surface area contributed by atoms with Crippen LogP contribution in [0.2, 0.25) is 0 Å². The minimum atomic E-state index is -3.82. The summed E-state index contributed by atoms with van der Waals surface area (Å²) in [4.78, 5) is 84.7. The first-order valence-corrected chi connectivity index (χ1v) is 21.3. The SMILES string of the molecule is [C-]#[N+]c1cc(C(=O)O)cc(-c2nn(CC(=O)N(C)c3ccc4c(c3)OC(F)(F)O4)c(=O)c3ccoc23)c1.[C-]#[N+]c1cc(C(=O)OC)cc(-c2nn(CC(=O)N(C)c3ccc4c(c3)OC(F)(F)O4)c(=O)c3ccoc23)c1.[Li+].[OH-]. The van der Waals surface area contributed by atoms with E-state index in [9.17, 15) is 51.4 Å². The van der Waals surface area contributed by atoms with Crippen molar-refractivity contribution in [2.45, 2.75) is 25.7 Å². The third-order valence-electron chi connectivity index (χ3n) is 11.3. The number of aromatic nitrogens is 4. The third-order valence-corrected chi connectivity index (χ3v) is 11.3. The Morgan fingerprint density at radius 1 is 0.636 bits per heavy atom. The number of carboxylic acids is 1. The standard InChI is InChI=1S/C25H16F2N4O7.C24H14F2N4O7.Li.H2O/c1-28-15-9-13(8-14(10-15)24(34)35-3)21-22-17(6-7-36-22)23(33)31(29-21)12-20(32)30(2)16-4-5-18-19(11-16)38-25(26,27)37-18;1-27-14-8-12(7-13(9-14)23(33)34)20-21-16(5-6-35-21)22(32)30(28-20)11-19(31)29(2)15-3-4-17-18(10-15)37-24(25,26)36-17;;/h4-11H,12H2,2-3H3;3-10H,11H2,2H3,(H,33,34);;1H2/q;;+1;/p-1. The van der Waals surface area contributed by atoms with Gasteiger partial charge >= 0.3 is 43.4 Å². The van der Waals surface area contributed by atoms with Gasteiger partial charge in [-0.3, -0.25) is 19.2 Å². The zero-order chi connectivity index (χ0) is 53.7. The number of fused-ring (bicyclic) bond motifs is 4. The number of benzene rings is 4. The minimum Gasteiger partial charge on any atom is -0.870 e. The smallest absolute Gasteiger partial charge is 0.870 e. The molecule has 2 amide bonds. The molecule has 2 aliphatic rings. The second-order valence-corrected chi connectivity index (χ2v) is 16.0. The van der Waals surface area contributed by atoms with E-state index in [1.54, 1.807) is 0 Å². The molecule has 10 rings (SSSR count). The van der Waals surface area contributed by atoms with Gasteiger partial charge in [-0.05, 0) is 83.9 Å². The van der Waals surface area contributed by atoms with Gasteiger partial charge in [-0.2, -0.15) is 10.2 Å². The van der Waals surface area contributed by atoms with Gasteiger partial charge in [0, 0.05) is 48.7 Å². The number of furan rings is 2. The first-order chi connectivity index (χ1) is 35.7. The molecule has 77 heavy (non-hydrogen) atoms. The van der Waals surface area contributed by atoms with Gasteiger partial charge in [0.25, 0.3) is 11.1 Å². The number of amides is 2. The van der Waals surface area contributed by atoms with Crippen LogP contribution in [0.25, 0.3) is 54.1 Å². The number of anilines is 2. The number of esters is 1.